The molecule has 8 heteroatoms. The van der Waals surface area contributed by atoms with Gasteiger partial charge in [-0.05, 0) is 18.6 Å². The first-order valence-corrected chi connectivity index (χ1v) is 7.14. The Morgan fingerprint density at radius 2 is 1.79 bits per heavy atom. The van der Waals surface area contributed by atoms with Crippen LogP contribution in [0.2, 0.25) is 0 Å². The zero-order valence-electron chi connectivity index (χ0n) is 10.00. The van der Waals surface area contributed by atoms with E-state index < -0.39 is 21.9 Å². The lowest BCUT2D eigenvalue weighted by molar-refractivity contribution is 0.0691. The van der Waals surface area contributed by atoms with Crippen LogP contribution in [0.3, 0.4) is 0 Å². The molecular formula is C11H14N2O5S. The van der Waals surface area contributed by atoms with Gasteiger partial charge in [-0.1, -0.05) is 12.1 Å². The third-order valence-electron chi connectivity index (χ3n) is 2.29. The van der Waals surface area contributed by atoms with Crippen molar-refractivity contribution in [2.24, 2.45) is 5.14 Å². The van der Waals surface area contributed by atoms with E-state index in [1.807, 2.05) is 0 Å². The van der Waals surface area contributed by atoms with Crippen molar-refractivity contribution >= 4 is 21.9 Å². The van der Waals surface area contributed by atoms with Crippen LogP contribution in [0.1, 0.15) is 27.1 Å². The molecule has 0 saturated carbocycles. The highest BCUT2D eigenvalue weighted by Gasteiger charge is 2.15. The van der Waals surface area contributed by atoms with E-state index in [0.29, 0.717) is 0 Å². The molecule has 1 aromatic carbocycles. The Kier molecular flexibility index (Phi) is 5.02. The van der Waals surface area contributed by atoms with E-state index in [-0.39, 0.29) is 29.8 Å². The van der Waals surface area contributed by atoms with Gasteiger partial charge in [-0.2, -0.15) is 0 Å². The number of hydrogen-bond donors (Lipinski definition) is 3. The normalized spacial score (nSPS) is 11.0. The summed E-state index contributed by atoms with van der Waals surface area (Å²) in [5.41, 5.74) is -0.0722. The van der Waals surface area contributed by atoms with Crippen molar-refractivity contribution in [1.82, 2.24) is 5.32 Å². The van der Waals surface area contributed by atoms with E-state index in [9.17, 15) is 18.0 Å². The van der Waals surface area contributed by atoms with Gasteiger partial charge in [-0.15, -0.1) is 0 Å². The first kappa shape index (κ1) is 15.1. The number of carboxylic acid groups (broad SMARTS) is 1. The second-order valence-corrected chi connectivity index (χ2v) is 5.56. The quantitative estimate of drug-likeness (QED) is 0.624. The number of benzene rings is 1. The Balaban J connectivity index is 2.62. The number of nitrogens with one attached hydrogen (secondary N) is 1. The second kappa shape index (κ2) is 6.30. The van der Waals surface area contributed by atoms with Crippen molar-refractivity contribution in [3.8, 4) is 0 Å². The van der Waals surface area contributed by atoms with Gasteiger partial charge in [0.15, 0.2) is 0 Å². The molecule has 0 fully saturated rings. The Morgan fingerprint density at radius 1 is 1.21 bits per heavy atom. The molecule has 1 rings (SSSR count). The van der Waals surface area contributed by atoms with Crippen LogP contribution in [-0.2, 0) is 10.0 Å². The summed E-state index contributed by atoms with van der Waals surface area (Å²) in [7, 11) is -3.55. The number of amides is 1. The molecule has 0 aliphatic rings. The van der Waals surface area contributed by atoms with Crippen molar-refractivity contribution in [1.29, 1.82) is 0 Å². The van der Waals surface area contributed by atoms with Crippen LogP contribution in [0.4, 0.5) is 0 Å². The topological polar surface area (TPSA) is 127 Å². The number of primary sulfonamides is 1. The molecule has 0 heterocycles. The van der Waals surface area contributed by atoms with Crippen molar-refractivity contribution in [2.45, 2.75) is 6.42 Å². The molecule has 104 valence electrons. The van der Waals surface area contributed by atoms with Gasteiger partial charge < -0.3 is 10.4 Å². The average Bonchev–Trinajstić information content (AvgIpc) is 2.33. The summed E-state index contributed by atoms with van der Waals surface area (Å²) in [5.74, 6) is -2.00. The highest BCUT2D eigenvalue weighted by atomic mass is 32.2. The molecule has 0 aliphatic carbocycles. The summed E-state index contributed by atoms with van der Waals surface area (Å²) in [4.78, 5) is 22.7. The minimum Gasteiger partial charge on any atom is -0.478 e. The van der Waals surface area contributed by atoms with Crippen molar-refractivity contribution < 1.29 is 23.1 Å². The Morgan fingerprint density at radius 3 is 2.32 bits per heavy atom. The monoisotopic (exact) mass is 286 g/mol. The Hall–Kier alpha value is -1.93. The highest BCUT2D eigenvalue weighted by Crippen LogP contribution is 2.08. The van der Waals surface area contributed by atoms with Crippen LogP contribution in [0.15, 0.2) is 24.3 Å². The molecule has 0 unspecified atom stereocenters. The lowest BCUT2D eigenvalue weighted by Crippen LogP contribution is -2.28. The third-order valence-corrected chi connectivity index (χ3v) is 3.15. The number of rotatable bonds is 6. The molecule has 4 N–H and O–H groups in total. The summed E-state index contributed by atoms with van der Waals surface area (Å²) in [6, 6.07) is 5.77. The fraction of sp³-hybridized carbons (Fsp3) is 0.273. The van der Waals surface area contributed by atoms with Gasteiger partial charge in [0.05, 0.1) is 16.9 Å². The summed E-state index contributed by atoms with van der Waals surface area (Å²) >= 11 is 0. The molecular weight excluding hydrogens is 272 g/mol. The number of aromatic carboxylic acids is 1. The van der Waals surface area contributed by atoms with Gasteiger partial charge in [0, 0.05) is 6.54 Å². The van der Waals surface area contributed by atoms with Crippen molar-refractivity contribution in [3.05, 3.63) is 35.4 Å². The number of carbonyl (C=O) groups is 2. The predicted octanol–water partition coefficient (Wildman–Crippen LogP) is -0.207. The van der Waals surface area contributed by atoms with Crippen LogP contribution < -0.4 is 10.5 Å². The lowest BCUT2D eigenvalue weighted by Gasteiger charge is -2.07. The van der Waals surface area contributed by atoms with Crippen LogP contribution in [0.25, 0.3) is 0 Å². The minimum atomic E-state index is -3.55. The summed E-state index contributed by atoms with van der Waals surface area (Å²) < 4.78 is 21.4. The fourth-order valence-corrected chi connectivity index (χ4v) is 1.98. The Labute approximate surface area is 110 Å². The fourth-order valence-electron chi connectivity index (χ4n) is 1.44. The van der Waals surface area contributed by atoms with Gasteiger partial charge in [-0.3, -0.25) is 4.79 Å². The van der Waals surface area contributed by atoms with Crippen LogP contribution in [0, 0.1) is 0 Å². The third kappa shape index (κ3) is 5.06. The predicted molar refractivity (Wildman–Crippen MR) is 68.3 cm³/mol. The smallest absolute Gasteiger partial charge is 0.336 e. The minimum absolute atomic E-state index is 0.0330. The number of sulfonamides is 1. The van der Waals surface area contributed by atoms with Crippen LogP contribution in [0.5, 0.6) is 0 Å². The maximum atomic E-state index is 11.7. The van der Waals surface area contributed by atoms with Crippen molar-refractivity contribution in [3.63, 3.8) is 0 Å². The first-order valence-electron chi connectivity index (χ1n) is 5.42. The molecule has 0 atom stereocenters. The maximum absolute atomic E-state index is 11.7. The molecule has 0 saturated heterocycles. The molecule has 0 spiro atoms. The number of hydrogen-bond acceptors (Lipinski definition) is 4. The van der Waals surface area contributed by atoms with Gasteiger partial charge in [0.1, 0.15) is 0 Å². The van der Waals surface area contributed by atoms with E-state index in [0.717, 1.165) is 0 Å². The number of carbonyl (C=O) groups excluding carboxylic acids is 1. The summed E-state index contributed by atoms with van der Waals surface area (Å²) in [5, 5.41) is 16.2. The van der Waals surface area contributed by atoms with Crippen molar-refractivity contribution in [2.75, 3.05) is 12.3 Å². The molecule has 0 aliphatic heterocycles. The largest absolute Gasteiger partial charge is 0.478 e. The average molecular weight is 286 g/mol. The zero-order valence-corrected chi connectivity index (χ0v) is 10.8. The molecule has 0 radical (unpaired) electrons. The van der Waals surface area contributed by atoms with E-state index in [2.05, 4.69) is 5.32 Å². The lowest BCUT2D eigenvalue weighted by atomic mass is 10.1. The zero-order chi connectivity index (χ0) is 14.5. The molecule has 19 heavy (non-hydrogen) atoms. The van der Waals surface area contributed by atoms with E-state index in [1.165, 1.54) is 18.2 Å². The van der Waals surface area contributed by atoms with Crippen LogP contribution >= 0.6 is 0 Å². The number of carboxylic acids is 1. The highest BCUT2D eigenvalue weighted by molar-refractivity contribution is 7.89. The summed E-state index contributed by atoms with van der Waals surface area (Å²) in [6.45, 7) is 0.100. The summed E-state index contributed by atoms with van der Waals surface area (Å²) in [6.07, 6.45) is 0.166. The number of nitrogens with two attached hydrogens (primary N) is 1. The standard InChI is InChI=1S/C11H14N2O5S/c12-19(17,18)7-3-6-13-10(14)8-4-1-2-5-9(8)11(15)16/h1-2,4-5H,3,6-7H2,(H,13,14)(H,15,16)(H2,12,17,18). The molecule has 7 nitrogen and oxygen atoms in total. The van der Waals surface area contributed by atoms with Gasteiger partial charge in [0.25, 0.3) is 5.91 Å². The van der Waals surface area contributed by atoms with Gasteiger partial charge >= 0.3 is 5.97 Å². The SMILES string of the molecule is NS(=O)(=O)CCCNC(=O)c1ccccc1C(=O)O. The van der Waals surface area contributed by atoms with E-state index in [1.54, 1.807) is 6.07 Å². The van der Waals surface area contributed by atoms with E-state index in [4.69, 9.17) is 10.2 Å². The Bertz CT molecular complexity index is 583. The van der Waals surface area contributed by atoms with E-state index >= 15 is 0 Å². The molecule has 1 aromatic rings. The molecule has 0 bridgehead atoms. The molecule has 0 aromatic heterocycles. The van der Waals surface area contributed by atoms with Gasteiger partial charge in [-0.25, -0.2) is 18.4 Å². The van der Waals surface area contributed by atoms with Crippen LogP contribution in [-0.4, -0.2) is 37.7 Å². The maximum Gasteiger partial charge on any atom is 0.336 e. The first-order chi connectivity index (χ1) is 8.81. The van der Waals surface area contributed by atoms with Gasteiger partial charge in [0.2, 0.25) is 10.0 Å². The molecule has 1 amide bonds. The second-order valence-electron chi connectivity index (χ2n) is 3.83.